The summed E-state index contributed by atoms with van der Waals surface area (Å²) >= 11 is 0. The van der Waals surface area contributed by atoms with Crippen LogP contribution in [0.5, 0.6) is 0 Å². The van der Waals surface area contributed by atoms with Gasteiger partial charge in [-0.2, -0.15) is 0 Å². The predicted molar refractivity (Wildman–Crippen MR) is 88.8 cm³/mol. The summed E-state index contributed by atoms with van der Waals surface area (Å²) < 4.78 is 13.4. The molecule has 4 nitrogen and oxygen atoms in total. The second kappa shape index (κ2) is 7.90. The second-order valence-corrected chi connectivity index (χ2v) is 6.39. The third kappa shape index (κ3) is 4.66. The van der Waals surface area contributed by atoms with Crippen LogP contribution in [0.4, 0.5) is 10.1 Å². The van der Waals surface area contributed by atoms with Crippen molar-refractivity contribution in [2.45, 2.75) is 31.9 Å². The maximum Gasteiger partial charge on any atom is 0.125 e. The standard InChI is InChI=1S/C17H28FN3O/c1-13(16-7-6-14(18)10-17(16)20(2)3)19-11-15(22)12-21-8-4-5-9-21/h6-7,10,13,15,19,22H,4-5,8-9,11-12H2,1-3H3. The van der Waals surface area contributed by atoms with Crippen LogP contribution in [0.15, 0.2) is 18.2 Å². The lowest BCUT2D eigenvalue weighted by atomic mass is 10.0. The average molecular weight is 309 g/mol. The minimum Gasteiger partial charge on any atom is -0.390 e. The quantitative estimate of drug-likeness (QED) is 0.808. The van der Waals surface area contributed by atoms with Crippen LogP contribution in [0.1, 0.15) is 31.4 Å². The molecule has 0 amide bonds. The first kappa shape index (κ1) is 17.2. The fraction of sp³-hybridized carbons (Fsp3) is 0.647. The number of benzene rings is 1. The fourth-order valence-electron chi connectivity index (χ4n) is 3.02. The average Bonchev–Trinajstić information content (AvgIpc) is 2.97. The summed E-state index contributed by atoms with van der Waals surface area (Å²) in [6, 6.07) is 4.91. The molecule has 1 saturated heterocycles. The molecule has 1 aromatic rings. The molecule has 1 aromatic carbocycles. The number of β-amino-alcohol motifs (C(OH)–C–C–N with tert-alkyl or cyclic N) is 1. The van der Waals surface area contributed by atoms with Gasteiger partial charge in [0, 0.05) is 38.9 Å². The highest BCUT2D eigenvalue weighted by Crippen LogP contribution is 2.26. The van der Waals surface area contributed by atoms with Gasteiger partial charge in [0.15, 0.2) is 0 Å². The molecule has 124 valence electrons. The number of aliphatic hydroxyl groups excluding tert-OH is 1. The minimum atomic E-state index is -0.371. The van der Waals surface area contributed by atoms with Crippen molar-refractivity contribution in [3.8, 4) is 0 Å². The van der Waals surface area contributed by atoms with Gasteiger partial charge in [-0.3, -0.25) is 0 Å². The van der Waals surface area contributed by atoms with Crippen molar-refractivity contribution in [1.29, 1.82) is 0 Å². The zero-order chi connectivity index (χ0) is 16.1. The Kier molecular flexibility index (Phi) is 6.17. The molecule has 5 heteroatoms. The highest BCUT2D eigenvalue weighted by atomic mass is 19.1. The Balaban J connectivity index is 1.90. The molecule has 2 atom stereocenters. The second-order valence-electron chi connectivity index (χ2n) is 6.39. The number of rotatable bonds is 7. The van der Waals surface area contributed by atoms with Gasteiger partial charge in [-0.05, 0) is 50.6 Å². The summed E-state index contributed by atoms with van der Waals surface area (Å²) in [5, 5.41) is 13.5. The summed E-state index contributed by atoms with van der Waals surface area (Å²) in [7, 11) is 3.82. The van der Waals surface area contributed by atoms with Crippen LogP contribution in [-0.4, -0.2) is 56.4 Å². The van der Waals surface area contributed by atoms with E-state index in [1.165, 1.54) is 18.9 Å². The number of hydrogen-bond acceptors (Lipinski definition) is 4. The van der Waals surface area contributed by atoms with E-state index in [4.69, 9.17) is 0 Å². The van der Waals surface area contributed by atoms with Crippen LogP contribution in [-0.2, 0) is 0 Å². The molecule has 0 aromatic heterocycles. The smallest absolute Gasteiger partial charge is 0.125 e. The molecule has 1 aliphatic heterocycles. The van der Waals surface area contributed by atoms with E-state index in [1.807, 2.05) is 32.0 Å². The Bertz CT molecular complexity index is 475. The SMILES string of the molecule is CC(NCC(O)CN1CCCC1)c1ccc(F)cc1N(C)C. The van der Waals surface area contributed by atoms with Crippen molar-refractivity contribution < 1.29 is 9.50 Å². The Morgan fingerprint density at radius 2 is 2.00 bits per heavy atom. The first-order chi connectivity index (χ1) is 10.5. The molecule has 0 bridgehead atoms. The summed E-state index contributed by atoms with van der Waals surface area (Å²) in [6.45, 7) is 5.50. The Morgan fingerprint density at radius 1 is 1.32 bits per heavy atom. The number of halogens is 1. The van der Waals surface area contributed by atoms with Gasteiger partial charge in [-0.1, -0.05) is 6.07 Å². The highest BCUT2D eigenvalue weighted by Gasteiger charge is 2.17. The molecule has 2 unspecified atom stereocenters. The molecule has 0 radical (unpaired) electrons. The van der Waals surface area contributed by atoms with Gasteiger partial charge in [0.05, 0.1) is 6.10 Å². The van der Waals surface area contributed by atoms with E-state index in [9.17, 15) is 9.50 Å². The Morgan fingerprint density at radius 3 is 2.64 bits per heavy atom. The van der Waals surface area contributed by atoms with E-state index in [-0.39, 0.29) is 18.0 Å². The van der Waals surface area contributed by atoms with Crippen molar-refractivity contribution in [3.63, 3.8) is 0 Å². The van der Waals surface area contributed by atoms with Crippen molar-refractivity contribution >= 4 is 5.69 Å². The Hall–Kier alpha value is -1.17. The molecule has 1 aliphatic rings. The summed E-state index contributed by atoms with van der Waals surface area (Å²) in [5.74, 6) is -0.228. The number of hydrogen-bond donors (Lipinski definition) is 2. The molecular weight excluding hydrogens is 281 g/mol. The van der Waals surface area contributed by atoms with Gasteiger partial charge in [0.1, 0.15) is 5.82 Å². The fourth-order valence-corrected chi connectivity index (χ4v) is 3.02. The number of nitrogens with one attached hydrogen (secondary N) is 1. The van der Waals surface area contributed by atoms with Gasteiger partial charge >= 0.3 is 0 Å². The van der Waals surface area contributed by atoms with Crippen molar-refractivity contribution in [2.24, 2.45) is 0 Å². The normalized spacial score (nSPS) is 18.4. The lowest BCUT2D eigenvalue weighted by molar-refractivity contribution is 0.121. The molecule has 0 saturated carbocycles. The molecule has 22 heavy (non-hydrogen) atoms. The number of nitrogens with zero attached hydrogens (tertiary/aromatic N) is 2. The largest absolute Gasteiger partial charge is 0.390 e. The van der Waals surface area contributed by atoms with Crippen LogP contribution >= 0.6 is 0 Å². The topological polar surface area (TPSA) is 38.7 Å². The zero-order valence-electron chi connectivity index (χ0n) is 13.8. The van der Waals surface area contributed by atoms with Crippen LogP contribution < -0.4 is 10.2 Å². The molecule has 0 aliphatic carbocycles. The van der Waals surface area contributed by atoms with Crippen molar-refractivity contribution in [1.82, 2.24) is 10.2 Å². The third-order valence-electron chi connectivity index (χ3n) is 4.27. The van der Waals surface area contributed by atoms with E-state index in [1.54, 1.807) is 6.07 Å². The molecule has 1 fully saturated rings. The van der Waals surface area contributed by atoms with E-state index in [0.29, 0.717) is 6.54 Å². The van der Waals surface area contributed by atoms with Gasteiger partial charge in [-0.15, -0.1) is 0 Å². The van der Waals surface area contributed by atoms with E-state index in [0.717, 1.165) is 30.9 Å². The van der Waals surface area contributed by atoms with Crippen molar-refractivity contribution in [2.75, 3.05) is 45.2 Å². The summed E-state index contributed by atoms with van der Waals surface area (Å²) in [5.41, 5.74) is 1.91. The van der Waals surface area contributed by atoms with Crippen LogP contribution in [0.3, 0.4) is 0 Å². The number of aliphatic hydroxyl groups is 1. The zero-order valence-corrected chi connectivity index (χ0v) is 13.8. The molecule has 0 spiro atoms. The number of likely N-dealkylation sites (tertiary alicyclic amines) is 1. The maximum atomic E-state index is 13.4. The molecule has 1 heterocycles. The summed E-state index contributed by atoms with van der Waals surface area (Å²) in [4.78, 5) is 4.22. The van der Waals surface area contributed by atoms with E-state index < -0.39 is 0 Å². The van der Waals surface area contributed by atoms with Gasteiger partial charge < -0.3 is 20.2 Å². The third-order valence-corrected chi connectivity index (χ3v) is 4.27. The summed E-state index contributed by atoms with van der Waals surface area (Å²) in [6.07, 6.45) is 2.10. The predicted octanol–water partition coefficient (Wildman–Crippen LogP) is 2.00. The number of anilines is 1. The minimum absolute atomic E-state index is 0.0613. The maximum absolute atomic E-state index is 13.4. The molecule has 2 N–H and O–H groups in total. The first-order valence-corrected chi connectivity index (χ1v) is 8.08. The monoisotopic (exact) mass is 309 g/mol. The van der Waals surface area contributed by atoms with Crippen LogP contribution in [0.2, 0.25) is 0 Å². The van der Waals surface area contributed by atoms with Crippen molar-refractivity contribution in [3.05, 3.63) is 29.6 Å². The lowest BCUT2D eigenvalue weighted by Crippen LogP contribution is -2.38. The first-order valence-electron chi connectivity index (χ1n) is 8.08. The van der Waals surface area contributed by atoms with Gasteiger partial charge in [-0.25, -0.2) is 4.39 Å². The molecular formula is C17H28FN3O. The van der Waals surface area contributed by atoms with Crippen LogP contribution in [0, 0.1) is 5.82 Å². The van der Waals surface area contributed by atoms with Gasteiger partial charge in [0.25, 0.3) is 0 Å². The van der Waals surface area contributed by atoms with E-state index >= 15 is 0 Å². The Labute approximate surface area is 132 Å². The molecule has 2 rings (SSSR count). The van der Waals surface area contributed by atoms with E-state index in [2.05, 4.69) is 10.2 Å². The van der Waals surface area contributed by atoms with Crippen LogP contribution in [0.25, 0.3) is 0 Å². The highest BCUT2D eigenvalue weighted by molar-refractivity contribution is 5.54. The van der Waals surface area contributed by atoms with Gasteiger partial charge in [0.2, 0.25) is 0 Å². The lowest BCUT2D eigenvalue weighted by Gasteiger charge is -2.25.